The highest BCUT2D eigenvalue weighted by atomic mass is 19.1. The van der Waals surface area contributed by atoms with Crippen molar-refractivity contribution in [2.24, 2.45) is 0 Å². The van der Waals surface area contributed by atoms with E-state index in [1.807, 2.05) is 0 Å². The molecular weight excluding hydrogens is 189 g/mol. The number of carbonyl (C=O) groups excluding carboxylic acids is 1. The van der Waals surface area contributed by atoms with Crippen molar-refractivity contribution in [2.45, 2.75) is 0 Å². The molecule has 0 spiro atoms. The normalized spacial score (nSPS) is 9.64. The summed E-state index contributed by atoms with van der Waals surface area (Å²) in [5, 5.41) is 0. The second-order valence-electron chi connectivity index (χ2n) is 2.56. The van der Waals surface area contributed by atoms with Gasteiger partial charge in [-0.3, -0.25) is 0 Å². The lowest BCUT2D eigenvalue weighted by Gasteiger charge is -2.09. The van der Waals surface area contributed by atoms with Crippen LogP contribution < -0.4 is 10.5 Å². The standard InChI is InChI=1S/C9H10FNO3/c1-13-7-4-5(10)3-6(11)8(7)9(12)14-2/h3-4H,11H2,1-2H3. The van der Waals surface area contributed by atoms with Crippen LogP contribution in [0, 0.1) is 5.82 Å². The summed E-state index contributed by atoms with van der Waals surface area (Å²) in [6.07, 6.45) is 0. The second kappa shape index (κ2) is 3.95. The van der Waals surface area contributed by atoms with E-state index in [1.165, 1.54) is 14.2 Å². The van der Waals surface area contributed by atoms with E-state index in [-0.39, 0.29) is 17.0 Å². The van der Waals surface area contributed by atoms with Crippen LogP contribution >= 0.6 is 0 Å². The maximum Gasteiger partial charge on any atom is 0.343 e. The summed E-state index contributed by atoms with van der Waals surface area (Å²) >= 11 is 0. The molecule has 2 N–H and O–H groups in total. The van der Waals surface area contributed by atoms with Crippen molar-refractivity contribution in [3.63, 3.8) is 0 Å². The number of ether oxygens (including phenoxy) is 2. The summed E-state index contributed by atoms with van der Waals surface area (Å²) in [6.45, 7) is 0. The number of anilines is 1. The SMILES string of the molecule is COC(=O)c1c(N)cc(F)cc1OC. The van der Waals surface area contributed by atoms with E-state index < -0.39 is 11.8 Å². The van der Waals surface area contributed by atoms with Crippen molar-refractivity contribution in [1.29, 1.82) is 0 Å². The summed E-state index contributed by atoms with van der Waals surface area (Å²) < 4.78 is 22.1. The molecule has 0 atom stereocenters. The van der Waals surface area contributed by atoms with Crippen molar-refractivity contribution < 1.29 is 18.7 Å². The van der Waals surface area contributed by atoms with Gasteiger partial charge in [-0.2, -0.15) is 0 Å². The van der Waals surface area contributed by atoms with Gasteiger partial charge in [0.05, 0.1) is 19.9 Å². The van der Waals surface area contributed by atoms with E-state index >= 15 is 0 Å². The fourth-order valence-electron chi connectivity index (χ4n) is 1.08. The largest absolute Gasteiger partial charge is 0.496 e. The minimum atomic E-state index is -0.653. The molecule has 0 fully saturated rings. The van der Waals surface area contributed by atoms with E-state index in [0.29, 0.717) is 0 Å². The molecule has 0 bridgehead atoms. The number of benzene rings is 1. The van der Waals surface area contributed by atoms with Gasteiger partial charge in [0.1, 0.15) is 17.1 Å². The van der Waals surface area contributed by atoms with Gasteiger partial charge in [0.25, 0.3) is 0 Å². The zero-order valence-electron chi connectivity index (χ0n) is 7.83. The van der Waals surface area contributed by atoms with Crippen LogP contribution in [0.4, 0.5) is 10.1 Å². The minimum absolute atomic E-state index is 0.00583. The van der Waals surface area contributed by atoms with Gasteiger partial charge in [-0.1, -0.05) is 0 Å². The summed E-state index contributed by atoms with van der Waals surface area (Å²) in [6, 6.07) is 2.11. The van der Waals surface area contributed by atoms with E-state index in [2.05, 4.69) is 4.74 Å². The highest BCUT2D eigenvalue weighted by Gasteiger charge is 2.17. The Bertz CT molecular complexity index is 365. The van der Waals surface area contributed by atoms with Crippen molar-refractivity contribution in [1.82, 2.24) is 0 Å². The highest BCUT2D eigenvalue weighted by Crippen LogP contribution is 2.26. The maximum absolute atomic E-state index is 12.9. The summed E-state index contributed by atoms with van der Waals surface area (Å²) in [4.78, 5) is 11.2. The Morgan fingerprint density at radius 2 is 2.07 bits per heavy atom. The predicted molar refractivity (Wildman–Crippen MR) is 48.7 cm³/mol. The quantitative estimate of drug-likeness (QED) is 0.574. The highest BCUT2D eigenvalue weighted by molar-refractivity contribution is 5.98. The third-order valence-electron chi connectivity index (χ3n) is 1.71. The van der Waals surface area contributed by atoms with E-state index in [1.54, 1.807) is 0 Å². The topological polar surface area (TPSA) is 61.5 Å². The smallest absolute Gasteiger partial charge is 0.343 e. The fourth-order valence-corrected chi connectivity index (χ4v) is 1.08. The molecule has 0 heterocycles. The average molecular weight is 199 g/mol. The van der Waals surface area contributed by atoms with Gasteiger partial charge in [-0.05, 0) is 6.07 Å². The van der Waals surface area contributed by atoms with Gasteiger partial charge < -0.3 is 15.2 Å². The Kier molecular flexibility index (Phi) is 2.91. The molecule has 4 nitrogen and oxygen atoms in total. The lowest BCUT2D eigenvalue weighted by Crippen LogP contribution is -2.08. The Morgan fingerprint density at radius 3 is 2.57 bits per heavy atom. The molecule has 14 heavy (non-hydrogen) atoms. The third kappa shape index (κ3) is 1.76. The molecule has 76 valence electrons. The van der Waals surface area contributed by atoms with E-state index in [4.69, 9.17) is 10.5 Å². The van der Waals surface area contributed by atoms with Crippen LogP contribution in [-0.4, -0.2) is 20.2 Å². The Hall–Kier alpha value is -1.78. The summed E-state index contributed by atoms with van der Waals surface area (Å²) in [5.74, 6) is -1.15. The number of rotatable bonds is 2. The molecule has 1 aromatic carbocycles. The molecule has 0 saturated heterocycles. The van der Waals surface area contributed by atoms with Gasteiger partial charge in [-0.15, -0.1) is 0 Å². The molecule has 0 aliphatic heterocycles. The maximum atomic E-state index is 12.9. The van der Waals surface area contributed by atoms with Crippen LogP contribution in [0.3, 0.4) is 0 Å². The molecule has 1 aromatic rings. The summed E-state index contributed by atoms with van der Waals surface area (Å²) in [5.41, 5.74) is 5.49. The van der Waals surface area contributed by atoms with Crippen LogP contribution in [0.1, 0.15) is 10.4 Å². The van der Waals surface area contributed by atoms with Gasteiger partial charge in [-0.25, -0.2) is 9.18 Å². The number of nitrogen functional groups attached to an aromatic ring is 1. The number of methoxy groups -OCH3 is 2. The fraction of sp³-hybridized carbons (Fsp3) is 0.222. The molecule has 0 aliphatic rings. The monoisotopic (exact) mass is 199 g/mol. The Morgan fingerprint density at radius 1 is 1.43 bits per heavy atom. The van der Waals surface area contributed by atoms with Crippen molar-refractivity contribution >= 4 is 11.7 Å². The number of carbonyl (C=O) groups is 1. The first-order valence-corrected chi connectivity index (χ1v) is 3.81. The molecule has 0 amide bonds. The first-order chi connectivity index (χ1) is 6.60. The lowest BCUT2D eigenvalue weighted by atomic mass is 10.1. The van der Waals surface area contributed by atoms with Gasteiger partial charge in [0, 0.05) is 6.07 Å². The van der Waals surface area contributed by atoms with E-state index in [9.17, 15) is 9.18 Å². The zero-order valence-corrected chi connectivity index (χ0v) is 7.83. The van der Waals surface area contributed by atoms with Crippen molar-refractivity contribution in [3.05, 3.63) is 23.5 Å². The first kappa shape index (κ1) is 10.3. The molecule has 0 aliphatic carbocycles. The number of halogens is 1. The van der Waals surface area contributed by atoms with Crippen molar-refractivity contribution in [2.75, 3.05) is 20.0 Å². The molecule has 0 unspecified atom stereocenters. The zero-order chi connectivity index (χ0) is 10.7. The van der Waals surface area contributed by atoms with Crippen LogP contribution in [0.5, 0.6) is 5.75 Å². The van der Waals surface area contributed by atoms with Crippen LogP contribution in [0.15, 0.2) is 12.1 Å². The molecule has 0 aromatic heterocycles. The van der Waals surface area contributed by atoms with Gasteiger partial charge >= 0.3 is 5.97 Å². The van der Waals surface area contributed by atoms with Crippen LogP contribution in [0.2, 0.25) is 0 Å². The molecule has 0 saturated carbocycles. The Labute approximate surface area is 80.4 Å². The van der Waals surface area contributed by atoms with Gasteiger partial charge in [0.2, 0.25) is 0 Å². The van der Waals surface area contributed by atoms with Crippen molar-refractivity contribution in [3.8, 4) is 5.75 Å². The number of hydrogen-bond donors (Lipinski definition) is 1. The lowest BCUT2D eigenvalue weighted by molar-refractivity contribution is 0.0598. The number of hydrogen-bond acceptors (Lipinski definition) is 4. The predicted octanol–water partition coefficient (Wildman–Crippen LogP) is 1.20. The second-order valence-corrected chi connectivity index (χ2v) is 2.56. The first-order valence-electron chi connectivity index (χ1n) is 3.81. The molecule has 5 heteroatoms. The van der Waals surface area contributed by atoms with Crippen LogP contribution in [0.25, 0.3) is 0 Å². The molecule has 1 rings (SSSR count). The summed E-state index contributed by atoms with van der Waals surface area (Å²) in [7, 11) is 2.53. The number of nitrogens with two attached hydrogens (primary N) is 1. The average Bonchev–Trinajstić information content (AvgIpc) is 2.15. The molecule has 0 radical (unpaired) electrons. The van der Waals surface area contributed by atoms with Gasteiger partial charge in [0.15, 0.2) is 0 Å². The third-order valence-corrected chi connectivity index (χ3v) is 1.71. The number of esters is 1. The molecular formula is C9H10FNO3. The minimum Gasteiger partial charge on any atom is -0.496 e. The Balaban J connectivity index is 3.32. The van der Waals surface area contributed by atoms with Crippen LogP contribution in [-0.2, 0) is 4.74 Å². The van der Waals surface area contributed by atoms with E-state index in [0.717, 1.165) is 12.1 Å².